The largest absolute Gasteiger partial charge is 0.322 e. The molecule has 1 amide bonds. The lowest BCUT2D eigenvalue weighted by Crippen LogP contribution is -2.45. The molecular weight excluding hydrogens is 264 g/mol. The zero-order chi connectivity index (χ0) is 15.5. The van der Waals surface area contributed by atoms with Crippen LogP contribution in [0.3, 0.4) is 0 Å². The number of nitrogens with zero attached hydrogens (tertiary/aromatic N) is 2. The lowest BCUT2D eigenvalue weighted by atomic mass is 9.87. The first-order valence-electron chi connectivity index (χ1n) is 6.82. The van der Waals surface area contributed by atoms with Gasteiger partial charge in [0.2, 0.25) is 5.91 Å². The summed E-state index contributed by atoms with van der Waals surface area (Å²) < 4.78 is 0. The van der Waals surface area contributed by atoms with Gasteiger partial charge in [0.1, 0.15) is 0 Å². The third-order valence-electron chi connectivity index (χ3n) is 3.17. The monoisotopic (exact) mass is 284 g/mol. The number of anilines is 1. The van der Waals surface area contributed by atoms with Crippen LogP contribution in [0.5, 0.6) is 0 Å². The summed E-state index contributed by atoms with van der Waals surface area (Å²) in [5.41, 5.74) is 7.09. The molecule has 1 aromatic carbocycles. The normalized spacial score (nSPS) is 12.8. The number of carbonyl (C=O) groups is 1. The van der Waals surface area contributed by atoms with E-state index in [1.54, 1.807) is 12.4 Å². The summed E-state index contributed by atoms with van der Waals surface area (Å²) in [4.78, 5) is 20.5. The highest BCUT2D eigenvalue weighted by atomic mass is 16.2. The molecule has 1 heterocycles. The molecule has 0 spiro atoms. The van der Waals surface area contributed by atoms with Gasteiger partial charge >= 0.3 is 0 Å². The van der Waals surface area contributed by atoms with Gasteiger partial charge in [0.05, 0.1) is 24.1 Å². The van der Waals surface area contributed by atoms with Crippen molar-refractivity contribution < 1.29 is 4.79 Å². The van der Waals surface area contributed by atoms with E-state index in [9.17, 15) is 4.79 Å². The van der Waals surface area contributed by atoms with Crippen molar-refractivity contribution in [2.45, 2.75) is 26.8 Å². The zero-order valence-electron chi connectivity index (χ0n) is 12.5. The molecule has 0 saturated heterocycles. The van der Waals surface area contributed by atoms with Crippen LogP contribution in [0.15, 0.2) is 42.7 Å². The Morgan fingerprint density at radius 2 is 1.71 bits per heavy atom. The molecule has 110 valence electrons. The van der Waals surface area contributed by atoms with Crippen molar-refractivity contribution in [1.82, 2.24) is 9.97 Å². The summed E-state index contributed by atoms with van der Waals surface area (Å²) in [6, 6.07) is 9.07. The van der Waals surface area contributed by atoms with E-state index in [0.717, 1.165) is 5.56 Å². The maximum Gasteiger partial charge on any atom is 0.241 e. The summed E-state index contributed by atoms with van der Waals surface area (Å²) in [7, 11) is 0. The minimum atomic E-state index is -0.591. The molecule has 5 nitrogen and oxygen atoms in total. The van der Waals surface area contributed by atoms with Gasteiger partial charge in [-0.05, 0) is 5.41 Å². The van der Waals surface area contributed by atoms with Crippen LogP contribution >= 0.6 is 0 Å². The van der Waals surface area contributed by atoms with Crippen molar-refractivity contribution >= 4 is 11.6 Å². The molecule has 0 fully saturated rings. The highest BCUT2D eigenvalue weighted by Crippen LogP contribution is 2.19. The molecule has 0 aliphatic heterocycles. The first-order chi connectivity index (χ1) is 9.88. The highest BCUT2D eigenvalue weighted by molar-refractivity contribution is 5.95. The van der Waals surface area contributed by atoms with Crippen molar-refractivity contribution in [1.29, 1.82) is 0 Å². The van der Waals surface area contributed by atoms with Crippen LogP contribution in [0.2, 0.25) is 0 Å². The Morgan fingerprint density at radius 1 is 1.14 bits per heavy atom. The lowest BCUT2D eigenvalue weighted by molar-refractivity contribution is -0.119. The fourth-order valence-electron chi connectivity index (χ4n) is 1.74. The van der Waals surface area contributed by atoms with Crippen molar-refractivity contribution in [3.05, 3.63) is 42.7 Å². The van der Waals surface area contributed by atoms with E-state index >= 15 is 0 Å². The Kier molecular flexibility index (Phi) is 4.33. The molecule has 0 unspecified atom stereocenters. The third-order valence-corrected chi connectivity index (χ3v) is 3.17. The predicted molar refractivity (Wildman–Crippen MR) is 83.5 cm³/mol. The molecule has 0 bridgehead atoms. The molecule has 2 aromatic rings. The Bertz CT molecular complexity index is 602. The van der Waals surface area contributed by atoms with E-state index in [4.69, 9.17) is 5.73 Å². The maximum absolute atomic E-state index is 12.0. The van der Waals surface area contributed by atoms with Gasteiger partial charge < -0.3 is 11.1 Å². The number of rotatable bonds is 3. The van der Waals surface area contributed by atoms with Gasteiger partial charge in [-0.25, -0.2) is 9.97 Å². The van der Waals surface area contributed by atoms with Crippen LogP contribution in [-0.4, -0.2) is 21.9 Å². The fourth-order valence-corrected chi connectivity index (χ4v) is 1.74. The van der Waals surface area contributed by atoms with Crippen LogP contribution in [0.1, 0.15) is 20.8 Å². The van der Waals surface area contributed by atoms with Crippen LogP contribution in [0, 0.1) is 5.41 Å². The van der Waals surface area contributed by atoms with Gasteiger partial charge in [-0.15, -0.1) is 0 Å². The molecule has 0 aliphatic rings. The molecule has 21 heavy (non-hydrogen) atoms. The molecule has 1 atom stereocenters. The van der Waals surface area contributed by atoms with Gasteiger partial charge in [0.15, 0.2) is 5.82 Å². The standard InChI is InChI=1S/C16H20N4O/c1-16(2,3)13(17)15(21)20-12-9-18-14(19-10-12)11-7-5-4-6-8-11/h4-10,13H,17H2,1-3H3,(H,20,21)/t13-/m0/s1. The first-order valence-corrected chi connectivity index (χ1v) is 6.82. The highest BCUT2D eigenvalue weighted by Gasteiger charge is 2.27. The molecule has 0 saturated carbocycles. The van der Waals surface area contributed by atoms with Gasteiger partial charge in [0, 0.05) is 5.56 Å². The molecule has 3 N–H and O–H groups in total. The van der Waals surface area contributed by atoms with E-state index in [0.29, 0.717) is 11.5 Å². The number of aromatic nitrogens is 2. The topological polar surface area (TPSA) is 80.9 Å². The first kappa shape index (κ1) is 15.1. The summed E-state index contributed by atoms with van der Waals surface area (Å²) in [5, 5.41) is 2.74. The Hall–Kier alpha value is -2.27. The molecule has 5 heteroatoms. The Morgan fingerprint density at radius 3 is 2.24 bits per heavy atom. The van der Waals surface area contributed by atoms with Crippen molar-refractivity contribution in [2.75, 3.05) is 5.32 Å². The van der Waals surface area contributed by atoms with E-state index < -0.39 is 6.04 Å². The molecule has 2 rings (SSSR count). The number of hydrogen-bond acceptors (Lipinski definition) is 4. The van der Waals surface area contributed by atoms with Gasteiger partial charge in [-0.1, -0.05) is 51.1 Å². The van der Waals surface area contributed by atoms with Crippen LogP contribution < -0.4 is 11.1 Å². The molecule has 1 aromatic heterocycles. The zero-order valence-corrected chi connectivity index (χ0v) is 12.5. The Labute approximate surface area is 124 Å². The number of amides is 1. The second kappa shape index (κ2) is 6.01. The number of nitrogens with two attached hydrogens (primary N) is 1. The number of nitrogens with one attached hydrogen (secondary N) is 1. The second-order valence-corrected chi connectivity index (χ2v) is 5.99. The van der Waals surface area contributed by atoms with Gasteiger partial charge in [-0.3, -0.25) is 4.79 Å². The SMILES string of the molecule is CC(C)(C)[C@@H](N)C(=O)Nc1cnc(-c2ccccc2)nc1. The van der Waals surface area contributed by atoms with Crippen LogP contribution in [0.25, 0.3) is 11.4 Å². The summed E-state index contributed by atoms with van der Waals surface area (Å²) >= 11 is 0. The number of benzene rings is 1. The van der Waals surface area contributed by atoms with Crippen molar-refractivity contribution in [3.63, 3.8) is 0 Å². The smallest absolute Gasteiger partial charge is 0.241 e. The molecular formula is C16H20N4O. The molecule has 0 radical (unpaired) electrons. The number of hydrogen-bond donors (Lipinski definition) is 2. The maximum atomic E-state index is 12.0. The molecule has 0 aliphatic carbocycles. The minimum absolute atomic E-state index is 0.237. The minimum Gasteiger partial charge on any atom is -0.322 e. The summed E-state index contributed by atoms with van der Waals surface area (Å²) in [6.07, 6.45) is 3.17. The van der Waals surface area contributed by atoms with Gasteiger partial charge in [0.25, 0.3) is 0 Å². The predicted octanol–water partition coefficient (Wildman–Crippen LogP) is 2.46. The van der Waals surface area contributed by atoms with E-state index in [1.807, 2.05) is 51.1 Å². The third kappa shape index (κ3) is 3.86. The summed E-state index contributed by atoms with van der Waals surface area (Å²) in [5.74, 6) is 0.382. The van der Waals surface area contributed by atoms with Crippen LogP contribution in [-0.2, 0) is 4.79 Å². The van der Waals surface area contributed by atoms with Crippen molar-refractivity contribution in [2.24, 2.45) is 11.1 Å². The second-order valence-electron chi connectivity index (χ2n) is 5.99. The lowest BCUT2D eigenvalue weighted by Gasteiger charge is -2.25. The van der Waals surface area contributed by atoms with Crippen molar-refractivity contribution in [3.8, 4) is 11.4 Å². The quantitative estimate of drug-likeness (QED) is 0.907. The summed E-state index contributed by atoms with van der Waals surface area (Å²) in [6.45, 7) is 5.77. The van der Waals surface area contributed by atoms with Crippen LogP contribution in [0.4, 0.5) is 5.69 Å². The Balaban J connectivity index is 2.08. The number of carbonyl (C=O) groups excluding carboxylic acids is 1. The van der Waals surface area contributed by atoms with E-state index in [-0.39, 0.29) is 11.3 Å². The van der Waals surface area contributed by atoms with E-state index in [1.165, 1.54) is 0 Å². The average molecular weight is 284 g/mol. The van der Waals surface area contributed by atoms with E-state index in [2.05, 4.69) is 15.3 Å². The van der Waals surface area contributed by atoms with Gasteiger partial charge in [-0.2, -0.15) is 0 Å². The average Bonchev–Trinajstić information content (AvgIpc) is 2.47. The fraction of sp³-hybridized carbons (Fsp3) is 0.312.